The molecule has 3 aromatic rings. The van der Waals surface area contributed by atoms with E-state index in [1.165, 1.54) is 35.2 Å². The highest BCUT2D eigenvalue weighted by molar-refractivity contribution is 8.01. The third kappa shape index (κ3) is 4.45. The number of hydrogen-bond acceptors (Lipinski definition) is 7. The number of thioether (sulfide) groups is 1. The topological polar surface area (TPSA) is 76.7 Å². The summed E-state index contributed by atoms with van der Waals surface area (Å²) in [5.74, 6) is -1.06. The Balaban J connectivity index is 1.94. The van der Waals surface area contributed by atoms with Crippen molar-refractivity contribution in [2.75, 3.05) is 0 Å². The van der Waals surface area contributed by atoms with Crippen molar-refractivity contribution in [1.82, 2.24) is 24.1 Å². The number of alkyl halides is 1. The second kappa shape index (κ2) is 8.17. The Morgan fingerprint density at radius 1 is 1.37 bits per heavy atom. The Kier molecular flexibility index (Phi) is 6.09. The molecule has 0 aliphatic carbocycles. The first-order chi connectivity index (χ1) is 12.8. The van der Waals surface area contributed by atoms with Crippen LogP contribution in [0.2, 0.25) is 0 Å². The molecule has 3 atom stereocenters. The van der Waals surface area contributed by atoms with E-state index in [0.717, 1.165) is 23.7 Å². The largest absolute Gasteiger partial charge is 0.382 e. The molecule has 2 heterocycles. The van der Waals surface area contributed by atoms with Gasteiger partial charge >= 0.3 is 0 Å². The van der Waals surface area contributed by atoms with E-state index >= 15 is 0 Å². The van der Waals surface area contributed by atoms with Gasteiger partial charge < -0.3 is 5.11 Å². The molecule has 0 fully saturated rings. The van der Waals surface area contributed by atoms with Crippen LogP contribution >= 0.6 is 34.9 Å². The highest BCUT2D eigenvalue weighted by Gasteiger charge is 2.40. The number of aliphatic hydroxyl groups is 1. The molecule has 2 aromatic heterocycles. The summed E-state index contributed by atoms with van der Waals surface area (Å²) in [6, 6.07) is 3.10. The van der Waals surface area contributed by atoms with Crippen LogP contribution in [0, 0.1) is 11.6 Å². The molecule has 0 radical (unpaired) electrons. The van der Waals surface area contributed by atoms with Crippen LogP contribution in [0.4, 0.5) is 8.78 Å². The third-order valence-corrected chi connectivity index (χ3v) is 6.27. The van der Waals surface area contributed by atoms with Crippen LogP contribution in [-0.2, 0) is 12.1 Å². The predicted molar refractivity (Wildman–Crippen MR) is 99.8 cm³/mol. The zero-order valence-corrected chi connectivity index (χ0v) is 16.8. The summed E-state index contributed by atoms with van der Waals surface area (Å²) in [7, 11) is 0. The molecule has 0 amide bonds. The van der Waals surface area contributed by atoms with Gasteiger partial charge in [-0.3, -0.25) is 0 Å². The number of nitrogens with zero attached hydrogens (tertiary/aromatic N) is 5. The van der Waals surface area contributed by atoms with Crippen molar-refractivity contribution in [3.8, 4) is 0 Å². The second-order valence-electron chi connectivity index (χ2n) is 5.94. The molecule has 1 aromatic carbocycles. The molecule has 1 unspecified atom stereocenters. The van der Waals surface area contributed by atoms with Gasteiger partial charge in [-0.25, -0.2) is 23.4 Å². The van der Waals surface area contributed by atoms with E-state index < -0.39 is 22.5 Å². The molecule has 0 spiro atoms. The van der Waals surface area contributed by atoms with Crippen molar-refractivity contribution >= 4 is 34.9 Å². The average molecular weight is 432 g/mol. The van der Waals surface area contributed by atoms with Crippen LogP contribution in [0.15, 0.2) is 35.2 Å². The molecule has 6 nitrogen and oxygen atoms in total. The van der Waals surface area contributed by atoms with Gasteiger partial charge in [-0.15, -0.1) is 11.6 Å². The van der Waals surface area contributed by atoms with Gasteiger partial charge in [-0.05, 0) is 31.4 Å². The maximum absolute atomic E-state index is 14.5. The minimum absolute atomic E-state index is 0.0325. The molecule has 0 aliphatic heterocycles. The first kappa shape index (κ1) is 20.1. The number of halogens is 3. The molecule has 1 N–H and O–H groups in total. The van der Waals surface area contributed by atoms with Gasteiger partial charge in [0.1, 0.15) is 29.9 Å². The van der Waals surface area contributed by atoms with Crippen LogP contribution in [0.25, 0.3) is 0 Å². The normalized spacial score (nSPS) is 16.1. The van der Waals surface area contributed by atoms with Crippen LogP contribution in [0.1, 0.15) is 30.6 Å². The van der Waals surface area contributed by atoms with Gasteiger partial charge in [0.25, 0.3) is 0 Å². The second-order valence-corrected chi connectivity index (χ2v) is 8.93. The van der Waals surface area contributed by atoms with Crippen molar-refractivity contribution in [3.05, 3.63) is 53.9 Å². The molecular weight excluding hydrogens is 416 g/mol. The summed E-state index contributed by atoms with van der Waals surface area (Å²) in [5, 5.41) is 14.5. The monoisotopic (exact) mass is 431 g/mol. The number of benzene rings is 1. The van der Waals surface area contributed by atoms with Gasteiger partial charge in [-0.2, -0.15) is 9.47 Å². The number of hydrogen-bond donors (Lipinski definition) is 1. The molecule has 3 rings (SSSR count). The quantitative estimate of drug-likeness (QED) is 0.453. The highest BCUT2D eigenvalue weighted by Crippen LogP contribution is 2.40. The van der Waals surface area contributed by atoms with Crippen molar-refractivity contribution in [2.45, 2.75) is 41.0 Å². The standard InChI is InChI=1S/C16H16ClF2N5OS2/c1-9(17)14-22-15(27-23-14)26-10(2)16(25,6-24-8-20-7-21-24)12-4-3-11(18)5-13(12)19/h3-5,7-10,25H,6H2,1-2H3/t9?,10-,16-/m1/s1. The van der Waals surface area contributed by atoms with Crippen LogP contribution in [0.5, 0.6) is 0 Å². The van der Waals surface area contributed by atoms with E-state index in [1.54, 1.807) is 13.8 Å². The third-order valence-electron chi connectivity index (χ3n) is 4.00. The fourth-order valence-electron chi connectivity index (χ4n) is 2.51. The maximum atomic E-state index is 14.5. The molecule has 0 aliphatic rings. The maximum Gasteiger partial charge on any atom is 0.170 e. The van der Waals surface area contributed by atoms with Crippen molar-refractivity contribution in [3.63, 3.8) is 0 Å². The van der Waals surface area contributed by atoms with E-state index in [1.807, 2.05) is 0 Å². The van der Waals surface area contributed by atoms with E-state index in [2.05, 4.69) is 19.4 Å². The summed E-state index contributed by atoms with van der Waals surface area (Å²) in [4.78, 5) is 8.18. The predicted octanol–water partition coefficient (Wildman–Crippen LogP) is 3.78. The fraction of sp³-hybridized carbons (Fsp3) is 0.375. The summed E-state index contributed by atoms with van der Waals surface area (Å²) in [6.07, 6.45) is 2.74. The first-order valence-corrected chi connectivity index (χ1v) is 10.0. The summed E-state index contributed by atoms with van der Waals surface area (Å²) < 4.78 is 34.0. The molecule has 27 heavy (non-hydrogen) atoms. The molecular formula is C16H16ClF2N5OS2. The average Bonchev–Trinajstić information content (AvgIpc) is 3.26. The lowest BCUT2D eigenvalue weighted by Gasteiger charge is -2.33. The lowest BCUT2D eigenvalue weighted by molar-refractivity contribution is 0.0133. The van der Waals surface area contributed by atoms with Crippen LogP contribution in [0.3, 0.4) is 0 Å². The zero-order valence-electron chi connectivity index (χ0n) is 14.4. The Morgan fingerprint density at radius 3 is 2.74 bits per heavy atom. The fourth-order valence-corrected chi connectivity index (χ4v) is 4.74. The molecule has 0 saturated carbocycles. The highest BCUT2D eigenvalue weighted by atomic mass is 35.5. The lowest BCUT2D eigenvalue weighted by Crippen LogP contribution is -2.41. The van der Waals surface area contributed by atoms with Gasteiger partial charge in [0, 0.05) is 16.9 Å². The minimum Gasteiger partial charge on any atom is -0.382 e. The van der Waals surface area contributed by atoms with Gasteiger partial charge in [-0.1, -0.05) is 17.8 Å². The van der Waals surface area contributed by atoms with Crippen molar-refractivity contribution in [2.24, 2.45) is 0 Å². The summed E-state index contributed by atoms with van der Waals surface area (Å²) >= 11 is 8.37. The van der Waals surface area contributed by atoms with Gasteiger partial charge in [0.2, 0.25) is 0 Å². The smallest absolute Gasteiger partial charge is 0.170 e. The zero-order chi connectivity index (χ0) is 19.6. The molecule has 144 valence electrons. The SMILES string of the molecule is CC(Cl)c1nsc(S[C@H](C)[C@](O)(Cn2cncn2)c2ccc(F)cc2F)n1. The first-order valence-electron chi connectivity index (χ1n) is 7.94. The summed E-state index contributed by atoms with van der Waals surface area (Å²) in [6.45, 7) is 3.42. The van der Waals surface area contributed by atoms with Gasteiger partial charge in [0.05, 0.1) is 11.9 Å². The Morgan fingerprint density at radius 2 is 2.15 bits per heavy atom. The Hall–Kier alpha value is -1.62. The Bertz CT molecular complexity index is 908. The summed E-state index contributed by atoms with van der Waals surface area (Å²) in [5.41, 5.74) is -1.73. The van der Waals surface area contributed by atoms with E-state index in [0.29, 0.717) is 10.2 Å². The van der Waals surface area contributed by atoms with Crippen LogP contribution in [-0.4, -0.2) is 34.5 Å². The van der Waals surface area contributed by atoms with Crippen LogP contribution < -0.4 is 0 Å². The number of rotatable bonds is 7. The van der Waals surface area contributed by atoms with E-state index in [9.17, 15) is 13.9 Å². The van der Waals surface area contributed by atoms with Gasteiger partial charge in [0.15, 0.2) is 10.2 Å². The molecule has 11 heteroatoms. The minimum atomic E-state index is -1.70. The van der Waals surface area contributed by atoms with E-state index in [-0.39, 0.29) is 17.5 Å². The molecule has 0 bridgehead atoms. The Labute approximate surface area is 167 Å². The van der Waals surface area contributed by atoms with Crippen molar-refractivity contribution < 1.29 is 13.9 Å². The van der Waals surface area contributed by atoms with E-state index in [4.69, 9.17) is 11.6 Å². The number of aromatic nitrogens is 5. The van der Waals surface area contributed by atoms with Crippen molar-refractivity contribution in [1.29, 1.82) is 0 Å². The molecule has 0 saturated heterocycles. The lowest BCUT2D eigenvalue weighted by atomic mass is 9.90.